The number of aliphatic hydroxyl groups excluding tert-OH is 1. The molecule has 0 saturated carbocycles. The van der Waals surface area contributed by atoms with Crippen LogP contribution >= 0.6 is 15.9 Å². The van der Waals surface area contributed by atoms with Crippen molar-refractivity contribution in [3.05, 3.63) is 104 Å². The van der Waals surface area contributed by atoms with Crippen molar-refractivity contribution in [1.29, 1.82) is 0 Å². The van der Waals surface area contributed by atoms with Gasteiger partial charge in [-0.05, 0) is 54.3 Å². The molecule has 0 spiro atoms. The van der Waals surface area contributed by atoms with Crippen LogP contribution in [0.15, 0.2) is 87.4 Å². The number of nitrogens with zero attached hydrogens (tertiary/aromatic N) is 5. The van der Waals surface area contributed by atoms with Gasteiger partial charge >= 0.3 is 0 Å². The van der Waals surface area contributed by atoms with E-state index in [1.54, 1.807) is 12.1 Å². The monoisotopic (exact) mass is 632 g/mol. The van der Waals surface area contributed by atoms with E-state index in [2.05, 4.69) is 31.4 Å². The van der Waals surface area contributed by atoms with E-state index >= 15 is 0 Å². The number of piperidine rings is 1. The number of halogens is 1. The number of aliphatic imine (C=N–C) groups is 1. The topological polar surface area (TPSA) is 132 Å². The minimum absolute atomic E-state index is 0.0561. The maximum Gasteiger partial charge on any atom is 0.266 e. The van der Waals surface area contributed by atoms with Crippen LogP contribution in [0.25, 0.3) is 10.4 Å². The lowest BCUT2D eigenvalue weighted by Gasteiger charge is -2.35. The first-order valence-corrected chi connectivity index (χ1v) is 14.9. The van der Waals surface area contributed by atoms with Crippen LogP contribution in [0.3, 0.4) is 0 Å². The number of nitrogens with one attached hydrogen (secondary N) is 1. The van der Waals surface area contributed by atoms with Crippen molar-refractivity contribution in [3.63, 3.8) is 0 Å². The Morgan fingerprint density at radius 2 is 1.86 bits per heavy atom. The second kappa shape index (κ2) is 13.8. The predicted octanol–water partition coefficient (Wildman–Crippen LogP) is 6.17. The first kappa shape index (κ1) is 29.6. The Morgan fingerprint density at radius 1 is 1.12 bits per heavy atom. The van der Waals surface area contributed by atoms with E-state index in [1.807, 2.05) is 65.7 Å². The van der Waals surface area contributed by atoms with E-state index in [1.165, 1.54) is 0 Å². The molecule has 2 atom stereocenters. The van der Waals surface area contributed by atoms with Crippen LogP contribution in [0.2, 0.25) is 0 Å². The Kier molecular flexibility index (Phi) is 9.76. The molecule has 0 aromatic heterocycles. The van der Waals surface area contributed by atoms with E-state index < -0.39 is 11.6 Å². The van der Waals surface area contributed by atoms with Gasteiger partial charge in [-0.2, -0.15) is 0 Å². The van der Waals surface area contributed by atoms with Gasteiger partial charge in [0.1, 0.15) is 5.75 Å². The summed E-state index contributed by atoms with van der Waals surface area (Å²) in [5.74, 6) is 0.664. The highest BCUT2D eigenvalue weighted by Gasteiger charge is 2.54. The Hall–Kier alpha value is -3.89. The highest BCUT2D eigenvalue weighted by Crippen LogP contribution is 2.46. The van der Waals surface area contributed by atoms with E-state index in [9.17, 15) is 10.3 Å². The van der Waals surface area contributed by atoms with Crippen molar-refractivity contribution >= 4 is 33.4 Å². The fourth-order valence-corrected chi connectivity index (χ4v) is 5.71. The molecule has 10 nitrogen and oxygen atoms in total. The van der Waals surface area contributed by atoms with Crippen molar-refractivity contribution in [2.24, 2.45) is 10.1 Å². The number of amides is 1. The summed E-state index contributed by atoms with van der Waals surface area (Å²) >= 11 is 3.66. The van der Waals surface area contributed by atoms with Crippen LogP contribution in [0.5, 0.6) is 5.75 Å². The van der Waals surface area contributed by atoms with Crippen LogP contribution in [0.4, 0.5) is 5.69 Å². The molecular formula is C31H33BrN6O4. The molecule has 218 valence electrons. The summed E-state index contributed by atoms with van der Waals surface area (Å²) in [5.41, 5.74) is 13.6. The molecule has 2 aliphatic rings. The fourth-order valence-electron chi connectivity index (χ4n) is 5.29. The van der Waals surface area contributed by atoms with Crippen molar-refractivity contribution in [2.45, 2.75) is 43.7 Å². The molecule has 1 saturated heterocycles. The Morgan fingerprint density at radius 3 is 2.60 bits per heavy atom. The third-order valence-electron chi connectivity index (χ3n) is 7.44. The third-order valence-corrected chi connectivity index (χ3v) is 8.21. The number of hydrogen-bond donors (Lipinski definition) is 2. The summed E-state index contributed by atoms with van der Waals surface area (Å²) in [4.78, 5) is 22.6. The van der Waals surface area contributed by atoms with Crippen LogP contribution in [0, 0.1) is 0 Å². The molecule has 2 heterocycles. The number of hydrogen-bond acceptors (Lipinski definition) is 7. The summed E-state index contributed by atoms with van der Waals surface area (Å²) in [6.07, 6.45) is 3.01. The zero-order valence-electron chi connectivity index (χ0n) is 23.2. The molecule has 0 radical (unpaired) electrons. The highest BCUT2D eigenvalue weighted by molar-refractivity contribution is 9.10. The minimum Gasteiger partial charge on any atom is -0.494 e. The Labute approximate surface area is 253 Å². The van der Waals surface area contributed by atoms with Crippen LogP contribution in [-0.4, -0.2) is 53.8 Å². The lowest BCUT2D eigenvalue weighted by atomic mass is 9.81. The van der Waals surface area contributed by atoms with Gasteiger partial charge in [-0.25, -0.2) is 10.0 Å². The molecule has 1 amide bonds. The first-order valence-electron chi connectivity index (χ1n) is 14.1. The van der Waals surface area contributed by atoms with Gasteiger partial charge in [0.25, 0.3) is 5.91 Å². The van der Waals surface area contributed by atoms with Gasteiger partial charge in [0.2, 0.25) is 5.90 Å². The molecule has 0 unspecified atom stereocenters. The first-order chi connectivity index (χ1) is 20.5. The van der Waals surface area contributed by atoms with Crippen LogP contribution in [-0.2, 0) is 16.0 Å². The number of aliphatic hydroxyl groups is 1. The van der Waals surface area contributed by atoms with E-state index in [-0.39, 0.29) is 18.9 Å². The number of hydrazine groups is 1. The molecule has 0 aliphatic carbocycles. The van der Waals surface area contributed by atoms with Crippen molar-refractivity contribution in [1.82, 2.24) is 10.4 Å². The molecule has 3 aromatic rings. The smallest absolute Gasteiger partial charge is 0.266 e. The van der Waals surface area contributed by atoms with Gasteiger partial charge in [-0.1, -0.05) is 69.9 Å². The number of azide groups is 1. The van der Waals surface area contributed by atoms with Crippen molar-refractivity contribution in [2.75, 3.05) is 26.3 Å². The normalized spacial score (nSPS) is 20.2. The minimum atomic E-state index is -1.42. The van der Waals surface area contributed by atoms with Gasteiger partial charge in [0, 0.05) is 58.7 Å². The van der Waals surface area contributed by atoms with E-state index in [4.69, 9.17) is 19.6 Å². The molecular weight excluding hydrogens is 600 g/mol. The zero-order valence-corrected chi connectivity index (χ0v) is 24.7. The average Bonchev–Trinajstić information content (AvgIpc) is 3.40. The van der Waals surface area contributed by atoms with Gasteiger partial charge < -0.3 is 14.6 Å². The fraction of sp³-hybridized carbons (Fsp3) is 0.355. The quantitative estimate of drug-likeness (QED) is 0.113. The molecule has 2 aliphatic heterocycles. The Bertz CT molecular complexity index is 1470. The second-order valence-corrected chi connectivity index (χ2v) is 11.1. The summed E-state index contributed by atoms with van der Waals surface area (Å²) in [5, 5.41) is 14.9. The number of ether oxygens (including phenoxy) is 2. The van der Waals surface area contributed by atoms with E-state index in [0.29, 0.717) is 41.5 Å². The standard InChI is InChI=1S/C31H33BrN6O4/c32-26-11-4-2-9-23(26)21-31(30(40)36-38-17-6-1-7-18-38)28(25-10-3-5-12-27(25)35-37-33)42-29(34-31)22-13-15-24(16-14-22)41-20-8-19-39/h2-5,9-16,28,39H,1,6-8,17-21H2,(H,36,40)/t28-,31-/m0/s1. The highest BCUT2D eigenvalue weighted by atomic mass is 79.9. The average molecular weight is 634 g/mol. The third kappa shape index (κ3) is 6.60. The lowest BCUT2D eigenvalue weighted by Crippen LogP contribution is -2.56. The van der Waals surface area contributed by atoms with Gasteiger partial charge in [0.15, 0.2) is 11.6 Å². The molecule has 1 fully saturated rings. The molecule has 3 aromatic carbocycles. The largest absolute Gasteiger partial charge is 0.494 e. The Balaban J connectivity index is 1.61. The summed E-state index contributed by atoms with van der Waals surface area (Å²) in [6.45, 7) is 1.97. The molecule has 0 bridgehead atoms. The van der Waals surface area contributed by atoms with Crippen molar-refractivity contribution in [3.8, 4) is 5.75 Å². The lowest BCUT2D eigenvalue weighted by molar-refractivity contribution is -0.134. The number of carbonyl (C=O) groups is 1. The maximum absolute atomic E-state index is 14.5. The van der Waals surface area contributed by atoms with Gasteiger partial charge in [0.05, 0.1) is 6.61 Å². The van der Waals surface area contributed by atoms with Gasteiger partial charge in [-0.15, -0.1) is 0 Å². The SMILES string of the molecule is [N-]=[N+]=Nc1ccccc1[C@@H]1OC(c2ccc(OCCCO)cc2)=N[C@]1(Cc1ccccc1Br)C(=O)NN1CCCCC1. The zero-order chi connectivity index (χ0) is 29.4. The molecule has 2 N–H and O–H groups in total. The predicted molar refractivity (Wildman–Crippen MR) is 163 cm³/mol. The van der Waals surface area contributed by atoms with Crippen LogP contribution < -0.4 is 10.2 Å². The number of carbonyl (C=O) groups excluding carboxylic acids is 1. The number of benzene rings is 3. The second-order valence-electron chi connectivity index (χ2n) is 10.3. The van der Waals surface area contributed by atoms with E-state index in [0.717, 1.165) is 42.4 Å². The van der Waals surface area contributed by atoms with Crippen LogP contribution in [0.1, 0.15) is 48.5 Å². The molecule has 5 rings (SSSR count). The maximum atomic E-state index is 14.5. The summed E-state index contributed by atoms with van der Waals surface area (Å²) in [6, 6.07) is 22.2. The number of rotatable bonds is 11. The summed E-state index contributed by atoms with van der Waals surface area (Å²) in [7, 11) is 0. The van der Waals surface area contributed by atoms with Crippen molar-refractivity contribution < 1.29 is 19.4 Å². The summed E-state index contributed by atoms with van der Waals surface area (Å²) < 4.78 is 13.1. The molecule has 11 heteroatoms. The molecule has 42 heavy (non-hydrogen) atoms. The van der Waals surface area contributed by atoms with Gasteiger partial charge in [-0.3, -0.25) is 10.2 Å².